The molecule has 3 nitrogen and oxygen atoms in total. The molecule has 0 saturated heterocycles. The van der Waals surface area contributed by atoms with E-state index in [9.17, 15) is 0 Å². The van der Waals surface area contributed by atoms with Crippen molar-refractivity contribution in [3.63, 3.8) is 0 Å². The smallest absolute Gasteiger partial charge is 0.0708 e. The van der Waals surface area contributed by atoms with Crippen molar-refractivity contribution in [3.8, 4) is 6.07 Å². The van der Waals surface area contributed by atoms with Gasteiger partial charge in [-0.3, -0.25) is 4.98 Å². The van der Waals surface area contributed by atoms with Crippen molar-refractivity contribution in [2.24, 2.45) is 5.92 Å². The van der Waals surface area contributed by atoms with Gasteiger partial charge in [-0.25, -0.2) is 0 Å². The van der Waals surface area contributed by atoms with Crippen molar-refractivity contribution in [2.75, 3.05) is 0 Å². The minimum Gasteiger partial charge on any atom is -0.309 e. The van der Waals surface area contributed by atoms with E-state index in [1.807, 2.05) is 13.0 Å². The van der Waals surface area contributed by atoms with E-state index in [1.165, 1.54) is 10.9 Å². The number of aromatic nitrogens is 1. The Balaban J connectivity index is 1.82. The second-order valence-electron chi connectivity index (χ2n) is 5.59. The molecule has 1 fully saturated rings. The number of hydrogen-bond donors (Lipinski definition) is 1. The van der Waals surface area contributed by atoms with Gasteiger partial charge < -0.3 is 5.32 Å². The lowest BCUT2D eigenvalue weighted by Gasteiger charge is -2.16. The van der Waals surface area contributed by atoms with E-state index in [0.717, 1.165) is 37.0 Å². The first-order valence-electron chi connectivity index (χ1n) is 7.26. The van der Waals surface area contributed by atoms with Crippen LogP contribution in [0.5, 0.6) is 0 Å². The number of rotatable bonds is 3. The molecule has 2 unspecified atom stereocenters. The Bertz CT molecular complexity index is 657. The zero-order valence-electron chi connectivity index (χ0n) is 11.8. The summed E-state index contributed by atoms with van der Waals surface area (Å²) in [6.45, 7) is 2.84. The molecule has 2 aromatic rings. The van der Waals surface area contributed by atoms with E-state index in [4.69, 9.17) is 5.26 Å². The lowest BCUT2D eigenvalue weighted by molar-refractivity contribution is 0.465. The van der Waals surface area contributed by atoms with Crippen molar-refractivity contribution >= 4 is 10.9 Å². The maximum Gasteiger partial charge on any atom is 0.0708 e. The molecule has 3 rings (SSSR count). The van der Waals surface area contributed by atoms with Crippen LogP contribution in [0, 0.1) is 24.2 Å². The Morgan fingerprint density at radius 2 is 2.20 bits per heavy atom. The van der Waals surface area contributed by atoms with Crippen LogP contribution in [0.25, 0.3) is 10.9 Å². The standard InChI is InChI=1S/C17H19N3/c1-12-9-14(15-6-2-3-7-17(15)20-12)11-19-16-8-4-5-13(16)10-18/h2-3,6-7,9,13,16,19H,4-5,8,11H2,1H3. The number of aryl methyl sites for hydroxylation is 1. The highest BCUT2D eigenvalue weighted by Gasteiger charge is 2.26. The first-order chi connectivity index (χ1) is 9.78. The summed E-state index contributed by atoms with van der Waals surface area (Å²) in [5, 5.41) is 13.9. The third-order valence-electron chi connectivity index (χ3n) is 4.17. The molecular weight excluding hydrogens is 246 g/mol. The lowest BCUT2D eigenvalue weighted by atomic mass is 10.0. The maximum absolute atomic E-state index is 9.15. The molecule has 1 aromatic heterocycles. The van der Waals surface area contributed by atoms with Crippen molar-refractivity contribution in [1.82, 2.24) is 10.3 Å². The van der Waals surface area contributed by atoms with Gasteiger partial charge in [0.2, 0.25) is 0 Å². The van der Waals surface area contributed by atoms with Gasteiger partial charge in [-0.2, -0.15) is 5.26 Å². The molecular formula is C17H19N3. The first kappa shape index (κ1) is 13.1. The third-order valence-corrected chi connectivity index (χ3v) is 4.17. The Labute approximate surface area is 119 Å². The quantitative estimate of drug-likeness (QED) is 0.926. The number of nitrogens with one attached hydrogen (secondary N) is 1. The minimum absolute atomic E-state index is 0.171. The average Bonchev–Trinajstić information content (AvgIpc) is 2.92. The van der Waals surface area contributed by atoms with E-state index in [2.05, 4.69) is 40.6 Å². The number of para-hydroxylation sites is 1. The van der Waals surface area contributed by atoms with Gasteiger partial charge in [0.25, 0.3) is 0 Å². The number of nitriles is 1. The average molecular weight is 265 g/mol. The van der Waals surface area contributed by atoms with Crippen molar-refractivity contribution in [1.29, 1.82) is 5.26 Å². The Morgan fingerprint density at radius 1 is 1.35 bits per heavy atom. The molecule has 3 heteroatoms. The van der Waals surface area contributed by atoms with Crippen LogP contribution in [0.4, 0.5) is 0 Å². The molecule has 1 heterocycles. The zero-order valence-corrected chi connectivity index (χ0v) is 11.8. The molecule has 1 aliphatic rings. The van der Waals surface area contributed by atoms with Gasteiger partial charge in [0.15, 0.2) is 0 Å². The largest absolute Gasteiger partial charge is 0.309 e. The highest BCUT2D eigenvalue weighted by molar-refractivity contribution is 5.82. The van der Waals surface area contributed by atoms with Crippen LogP contribution in [-0.2, 0) is 6.54 Å². The molecule has 0 bridgehead atoms. The number of nitrogens with zero attached hydrogens (tertiary/aromatic N) is 2. The molecule has 102 valence electrons. The summed E-state index contributed by atoms with van der Waals surface area (Å²) >= 11 is 0. The van der Waals surface area contributed by atoms with Crippen molar-refractivity contribution in [3.05, 3.63) is 41.6 Å². The first-order valence-corrected chi connectivity index (χ1v) is 7.26. The van der Waals surface area contributed by atoms with Gasteiger partial charge in [-0.05, 0) is 37.5 Å². The fourth-order valence-corrected chi connectivity index (χ4v) is 3.14. The highest BCUT2D eigenvalue weighted by atomic mass is 14.9. The van der Waals surface area contributed by atoms with Gasteiger partial charge >= 0.3 is 0 Å². The molecule has 1 saturated carbocycles. The van der Waals surface area contributed by atoms with E-state index >= 15 is 0 Å². The SMILES string of the molecule is Cc1cc(CNC2CCCC2C#N)c2ccccc2n1. The summed E-state index contributed by atoms with van der Waals surface area (Å²) < 4.78 is 0. The second kappa shape index (κ2) is 5.60. The highest BCUT2D eigenvalue weighted by Crippen LogP contribution is 2.26. The maximum atomic E-state index is 9.15. The predicted molar refractivity (Wildman–Crippen MR) is 80.1 cm³/mol. The number of pyridine rings is 1. The Kier molecular flexibility index (Phi) is 3.66. The molecule has 2 atom stereocenters. The Hall–Kier alpha value is -1.92. The second-order valence-corrected chi connectivity index (χ2v) is 5.59. The van der Waals surface area contributed by atoms with Crippen molar-refractivity contribution in [2.45, 2.75) is 38.8 Å². The van der Waals surface area contributed by atoms with Gasteiger partial charge in [-0.15, -0.1) is 0 Å². The number of hydrogen-bond acceptors (Lipinski definition) is 3. The fourth-order valence-electron chi connectivity index (χ4n) is 3.14. The Morgan fingerprint density at radius 3 is 3.05 bits per heavy atom. The van der Waals surface area contributed by atoms with E-state index < -0.39 is 0 Å². The molecule has 0 spiro atoms. The molecule has 0 radical (unpaired) electrons. The summed E-state index contributed by atoms with van der Waals surface area (Å²) in [7, 11) is 0. The third kappa shape index (κ3) is 2.52. The molecule has 0 amide bonds. The fraction of sp³-hybridized carbons (Fsp3) is 0.412. The zero-order chi connectivity index (χ0) is 13.9. The summed E-state index contributed by atoms with van der Waals surface area (Å²) in [6.07, 6.45) is 3.30. The predicted octanol–water partition coefficient (Wildman–Crippen LogP) is 3.33. The van der Waals surface area contributed by atoms with Crippen LogP contribution in [0.1, 0.15) is 30.5 Å². The molecule has 20 heavy (non-hydrogen) atoms. The number of fused-ring (bicyclic) bond motifs is 1. The molecule has 0 aliphatic heterocycles. The molecule has 1 aliphatic carbocycles. The minimum atomic E-state index is 0.171. The summed E-state index contributed by atoms with van der Waals surface area (Å²) in [6, 6.07) is 13.2. The van der Waals surface area contributed by atoms with Crippen LogP contribution in [-0.4, -0.2) is 11.0 Å². The van der Waals surface area contributed by atoms with Crippen LogP contribution >= 0.6 is 0 Å². The van der Waals surface area contributed by atoms with E-state index in [-0.39, 0.29) is 5.92 Å². The van der Waals surface area contributed by atoms with Crippen LogP contribution < -0.4 is 5.32 Å². The van der Waals surface area contributed by atoms with Crippen LogP contribution in [0.3, 0.4) is 0 Å². The van der Waals surface area contributed by atoms with Crippen LogP contribution in [0.2, 0.25) is 0 Å². The van der Waals surface area contributed by atoms with Gasteiger partial charge in [0.1, 0.15) is 0 Å². The summed E-state index contributed by atoms with van der Waals surface area (Å²) in [5.74, 6) is 0.171. The van der Waals surface area contributed by atoms with Gasteiger partial charge in [0, 0.05) is 23.7 Å². The molecule has 1 N–H and O–H groups in total. The van der Waals surface area contributed by atoms with Crippen molar-refractivity contribution < 1.29 is 0 Å². The summed E-state index contributed by atoms with van der Waals surface area (Å²) in [5.41, 5.74) is 3.37. The van der Waals surface area contributed by atoms with Crippen LogP contribution in [0.15, 0.2) is 30.3 Å². The normalized spacial score (nSPS) is 22.0. The topological polar surface area (TPSA) is 48.7 Å². The van der Waals surface area contributed by atoms with E-state index in [0.29, 0.717) is 6.04 Å². The molecule has 1 aromatic carbocycles. The number of benzene rings is 1. The summed E-state index contributed by atoms with van der Waals surface area (Å²) in [4.78, 5) is 4.57. The lowest BCUT2D eigenvalue weighted by Crippen LogP contribution is -2.31. The van der Waals surface area contributed by atoms with Gasteiger partial charge in [0.05, 0.1) is 17.5 Å². The van der Waals surface area contributed by atoms with Gasteiger partial charge in [-0.1, -0.05) is 24.6 Å². The monoisotopic (exact) mass is 265 g/mol. The van der Waals surface area contributed by atoms with E-state index in [1.54, 1.807) is 0 Å².